The standard InChI is InChI=1S/C19H22N2O3/c1-24-18-8-3-5-15(12-18)13-20-9-4-10-21-19(23)17-7-2-6-16(11-17)14-22/h2-3,5-8,11-12,14,20H,4,9-10,13H2,1H3,(H,21,23). The molecule has 0 spiro atoms. The molecule has 0 heterocycles. The Labute approximate surface area is 142 Å². The van der Waals surface area contributed by atoms with Crippen LogP contribution in [-0.2, 0) is 6.54 Å². The highest BCUT2D eigenvalue weighted by Gasteiger charge is 2.05. The largest absolute Gasteiger partial charge is 0.497 e. The van der Waals surface area contributed by atoms with E-state index in [1.165, 1.54) is 0 Å². The second-order valence-corrected chi connectivity index (χ2v) is 5.38. The van der Waals surface area contributed by atoms with Gasteiger partial charge in [-0.2, -0.15) is 0 Å². The number of hydrogen-bond donors (Lipinski definition) is 2. The van der Waals surface area contributed by atoms with Gasteiger partial charge in [0.25, 0.3) is 5.91 Å². The minimum Gasteiger partial charge on any atom is -0.497 e. The Morgan fingerprint density at radius 1 is 1.12 bits per heavy atom. The summed E-state index contributed by atoms with van der Waals surface area (Å²) in [5.41, 5.74) is 2.16. The number of benzene rings is 2. The number of ether oxygens (including phenoxy) is 1. The summed E-state index contributed by atoms with van der Waals surface area (Å²) in [5.74, 6) is 0.686. The van der Waals surface area contributed by atoms with Crippen LogP contribution in [0.5, 0.6) is 5.75 Å². The van der Waals surface area contributed by atoms with Gasteiger partial charge in [-0.3, -0.25) is 9.59 Å². The third-order valence-corrected chi connectivity index (χ3v) is 3.56. The van der Waals surface area contributed by atoms with E-state index < -0.39 is 0 Å². The minimum atomic E-state index is -0.161. The molecule has 0 unspecified atom stereocenters. The fourth-order valence-electron chi connectivity index (χ4n) is 2.29. The van der Waals surface area contributed by atoms with Crippen molar-refractivity contribution >= 4 is 12.2 Å². The Balaban J connectivity index is 1.65. The van der Waals surface area contributed by atoms with Crippen LogP contribution in [0.25, 0.3) is 0 Å². The number of hydrogen-bond acceptors (Lipinski definition) is 4. The first-order chi connectivity index (χ1) is 11.7. The average molecular weight is 326 g/mol. The minimum absolute atomic E-state index is 0.161. The Morgan fingerprint density at radius 3 is 2.75 bits per heavy atom. The lowest BCUT2D eigenvalue weighted by Crippen LogP contribution is -2.27. The molecule has 2 aromatic rings. The number of nitrogens with one attached hydrogen (secondary N) is 2. The zero-order chi connectivity index (χ0) is 17.2. The number of aldehydes is 1. The molecule has 2 rings (SSSR count). The van der Waals surface area contributed by atoms with Crippen LogP contribution < -0.4 is 15.4 Å². The van der Waals surface area contributed by atoms with Gasteiger partial charge in [-0.15, -0.1) is 0 Å². The van der Waals surface area contributed by atoms with E-state index in [0.29, 0.717) is 17.7 Å². The monoisotopic (exact) mass is 326 g/mol. The number of carbonyl (C=O) groups excluding carboxylic acids is 2. The first-order valence-electron chi connectivity index (χ1n) is 7.90. The molecule has 0 bridgehead atoms. The van der Waals surface area contributed by atoms with Crippen molar-refractivity contribution < 1.29 is 14.3 Å². The zero-order valence-corrected chi connectivity index (χ0v) is 13.7. The van der Waals surface area contributed by atoms with Gasteiger partial charge >= 0.3 is 0 Å². The topological polar surface area (TPSA) is 67.4 Å². The lowest BCUT2D eigenvalue weighted by Gasteiger charge is -2.08. The summed E-state index contributed by atoms with van der Waals surface area (Å²) in [6.07, 6.45) is 1.56. The summed E-state index contributed by atoms with van der Waals surface area (Å²) >= 11 is 0. The van der Waals surface area contributed by atoms with Crippen molar-refractivity contribution in [3.05, 3.63) is 65.2 Å². The Morgan fingerprint density at radius 2 is 1.96 bits per heavy atom. The van der Waals surface area contributed by atoms with Gasteiger partial charge in [-0.1, -0.05) is 24.3 Å². The molecule has 5 heteroatoms. The molecule has 2 aromatic carbocycles. The van der Waals surface area contributed by atoms with Crippen molar-refractivity contribution in [2.24, 2.45) is 0 Å². The van der Waals surface area contributed by atoms with E-state index in [4.69, 9.17) is 4.74 Å². The fourth-order valence-corrected chi connectivity index (χ4v) is 2.29. The first kappa shape index (κ1) is 17.7. The Hall–Kier alpha value is -2.66. The van der Waals surface area contributed by atoms with Crippen LogP contribution in [0.2, 0.25) is 0 Å². The quantitative estimate of drug-likeness (QED) is 0.548. The van der Waals surface area contributed by atoms with Crippen molar-refractivity contribution in [1.29, 1.82) is 0 Å². The van der Waals surface area contributed by atoms with E-state index in [2.05, 4.69) is 10.6 Å². The molecule has 0 aliphatic carbocycles. The maximum Gasteiger partial charge on any atom is 0.251 e. The zero-order valence-electron chi connectivity index (χ0n) is 13.7. The maximum atomic E-state index is 12.0. The van der Waals surface area contributed by atoms with Crippen LogP contribution in [0.15, 0.2) is 48.5 Å². The molecule has 0 saturated carbocycles. The van der Waals surface area contributed by atoms with Gasteiger partial charge in [-0.05, 0) is 42.8 Å². The number of amides is 1. The normalized spacial score (nSPS) is 10.2. The summed E-state index contributed by atoms with van der Waals surface area (Å²) in [4.78, 5) is 22.7. The van der Waals surface area contributed by atoms with Crippen LogP contribution in [-0.4, -0.2) is 32.4 Å². The molecule has 0 radical (unpaired) electrons. The van der Waals surface area contributed by atoms with Crippen molar-refractivity contribution in [3.63, 3.8) is 0 Å². The molecule has 0 fully saturated rings. The molecule has 24 heavy (non-hydrogen) atoms. The van der Waals surface area contributed by atoms with E-state index in [-0.39, 0.29) is 5.91 Å². The van der Waals surface area contributed by atoms with E-state index in [9.17, 15) is 9.59 Å². The van der Waals surface area contributed by atoms with Crippen molar-refractivity contribution in [2.75, 3.05) is 20.2 Å². The highest BCUT2D eigenvalue weighted by Crippen LogP contribution is 2.12. The van der Waals surface area contributed by atoms with Crippen LogP contribution in [0.4, 0.5) is 0 Å². The van der Waals surface area contributed by atoms with Gasteiger partial charge in [0.15, 0.2) is 0 Å². The second kappa shape index (κ2) is 9.47. The molecule has 0 saturated heterocycles. The van der Waals surface area contributed by atoms with E-state index in [1.807, 2.05) is 24.3 Å². The maximum absolute atomic E-state index is 12.0. The Bertz CT molecular complexity index is 686. The summed E-state index contributed by atoms with van der Waals surface area (Å²) in [7, 11) is 1.65. The molecule has 1 amide bonds. The lowest BCUT2D eigenvalue weighted by atomic mass is 10.1. The van der Waals surface area contributed by atoms with Gasteiger partial charge in [-0.25, -0.2) is 0 Å². The molecule has 0 aliphatic heterocycles. The van der Waals surface area contributed by atoms with E-state index in [0.717, 1.165) is 37.1 Å². The highest BCUT2D eigenvalue weighted by molar-refractivity contribution is 5.95. The van der Waals surface area contributed by atoms with E-state index >= 15 is 0 Å². The summed E-state index contributed by atoms with van der Waals surface area (Å²) in [6, 6.07) is 14.6. The van der Waals surface area contributed by atoms with Crippen LogP contribution in [0.1, 0.15) is 32.7 Å². The third kappa shape index (κ3) is 5.52. The van der Waals surface area contributed by atoms with Crippen molar-refractivity contribution in [1.82, 2.24) is 10.6 Å². The predicted octanol–water partition coefficient (Wildman–Crippen LogP) is 2.42. The van der Waals surface area contributed by atoms with Gasteiger partial charge in [0.2, 0.25) is 0 Å². The molecular formula is C19H22N2O3. The number of methoxy groups -OCH3 is 1. The van der Waals surface area contributed by atoms with Crippen LogP contribution in [0.3, 0.4) is 0 Å². The molecule has 5 nitrogen and oxygen atoms in total. The van der Waals surface area contributed by atoms with E-state index in [1.54, 1.807) is 31.4 Å². The Kier molecular flexibility index (Phi) is 6.98. The third-order valence-electron chi connectivity index (χ3n) is 3.56. The summed E-state index contributed by atoms with van der Waals surface area (Å²) < 4.78 is 5.19. The molecular weight excluding hydrogens is 304 g/mol. The SMILES string of the molecule is COc1cccc(CNCCCNC(=O)c2cccc(C=O)c2)c1. The van der Waals surface area contributed by atoms with Crippen molar-refractivity contribution in [2.45, 2.75) is 13.0 Å². The molecule has 126 valence electrons. The lowest BCUT2D eigenvalue weighted by molar-refractivity contribution is 0.0953. The van der Waals surface area contributed by atoms with Crippen LogP contribution >= 0.6 is 0 Å². The summed E-state index contributed by atoms with van der Waals surface area (Å²) in [5, 5.41) is 6.18. The smallest absolute Gasteiger partial charge is 0.251 e. The highest BCUT2D eigenvalue weighted by atomic mass is 16.5. The molecule has 0 atom stereocenters. The van der Waals surface area contributed by atoms with Crippen molar-refractivity contribution in [3.8, 4) is 5.75 Å². The summed E-state index contributed by atoms with van der Waals surface area (Å²) in [6.45, 7) is 2.13. The van der Waals surface area contributed by atoms with Gasteiger partial charge in [0.05, 0.1) is 7.11 Å². The molecule has 0 aromatic heterocycles. The number of carbonyl (C=O) groups is 2. The number of rotatable bonds is 9. The molecule has 2 N–H and O–H groups in total. The second-order valence-electron chi connectivity index (χ2n) is 5.38. The van der Waals surface area contributed by atoms with Gasteiger partial charge in [0, 0.05) is 24.2 Å². The van der Waals surface area contributed by atoms with Crippen LogP contribution in [0, 0.1) is 0 Å². The van der Waals surface area contributed by atoms with Gasteiger partial charge in [0.1, 0.15) is 12.0 Å². The van der Waals surface area contributed by atoms with Gasteiger partial charge < -0.3 is 15.4 Å². The first-order valence-corrected chi connectivity index (χ1v) is 7.90. The fraction of sp³-hybridized carbons (Fsp3) is 0.263. The molecule has 0 aliphatic rings. The predicted molar refractivity (Wildman–Crippen MR) is 93.5 cm³/mol. The average Bonchev–Trinajstić information content (AvgIpc) is 2.64.